The van der Waals surface area contributed by atoms with E-state index in [1.165, 1.54) is 0 Å². The van der Waals surface area contributed by atoms with Crippen LogP contribution in [0.2, 0.25) is 10.0 Å². The van der Waals surface area contributed by atoms with Gasteiger partial charge in [0.2, 0.25) is 0 Å². The maximum absolute atomic E-state index is 12.2. The number of benzene rings is 2. The Morgan fingerprint density at radius 2 is 1.90 bits per heavy atom. The molecule has 6 heteroatoms. The minimum absolute atomic E-state index is 0.279. The molecule has 2 aromatic rings. The lowest BCUT2D eigenvalue weighted by molar-refractivity contribution is 0.102. The number of nitrogens with one attached hydrogen (secondary N) is 1. The van der Waals surface area contributed by atoms with Crippen LogP contribution in [0.5, 0.6) is 5.75 Å². The number of hydrogen-bond acceptors (Lipinski definition) is 2. The molecule has 104 valence electrons. The Kier molecular flexibility index (Phi) is 5.12. The zero-order chi connectivity index (χ0) is 14.7. The summed E-state index contributed by atoms with van der Waals surface area (Å²) >= 11 is 14.2. The molecule has 0 unspecified atom stereocenters. The van der Waals surface area contributed by atoms with Crippen molar-refractivity contribution in [2.75, 3.05) is 12.4 Å². The second-order valence-electron chi connectivity index (χ2n) is 3.93. The summed E-state index contributed by atoms with van der Waals surface area (Å²) in [5.41, 5.74) is 0.958. The number of methoxy groups -OCH3 is 1. The standard InChI is InChI=1S/C14H10Cl2INO2/c1-20-9-3-4-10(15)13(7-9)18-14(19)8-2-5-12(17)11(16)6-8/h2-7H,1H3,(H,18,19). The third-order valence-electron chi connectivity index (χ3n) is 2.60. The van der Waals surface area contributed by atoms with E-state index < -0.39 is 0 Å². The number of ether oxygens (including phenoxy) is 1. The largest absolute Gasteiger partial charge is 0.497 e. The average Bonchev–Trinajstić information content (AvgIpc) is 2.44. The Labute approximate surface area is 140 Å². The third-order valence-corrected chi connectivity index (χ3v) is 4.51. The zero-order valence-corrected chi connectivity index (χ0v) is 14.1. The van der Waals surface area contributed by atoms with Crippen molar-refractivity contribution >= 4 is 57.4 Å². The van der Waals surface area contributed by atoms with Crippen LogP contribution >= 0.6 is 45.8 Å². The molecule has 0 aliphatic heterocycles. The summed E-state index contributed by atoms with van der Waals surface area (Å²) in [7, 11) is 1.55. The number of rotatable bonds is 3. The second-order valence-corrected chi connectivity index (χ2v) is 5.91. The Morgan fingerprint density at radius 1 is 1.15 bits per heavy atom. The van der Waals surface area contributed by atoms with E-state index in [9.17, 15) is 4.79 Å². The molecule has 1 N–H and O–H groups in total. The fraction of sp³-hybridized carbons (Fsp3) is 0.0714. The normalized spacial score (nSPS) is 10.2. The van der Waals surface area contributed by atoms with Gasteiger partial charge in [0, 0.05) is 15.2 Å². The van der Waals surface area contributed by atoms with Gasteiger partial charge in [-0.15, -0.1) is 0 Å². The molecule has 0 saturated carbocycles. The van der Waals surface area contributed by atoms with Gasteiger partial charge in [0.25, 0.3) is 5.91 Å². The molecule has 20 heavy (non-hydrogen) atoms. The first-order valence-electron chi connectivity index (χ1n) is 5.61. The van der Waals surface area contributed by atoms with Crippen LogP contribution in [0.15, 0.2) is 36.4 Å². The van der Waals surface area contributed by atoms with Crippen LogP contribution in [-0.2, 0) is 0 Å². The summed E-state index contributed by atoms with van der Waals surface area (Å²) in [5.74, 6) is 0.337. The average molecular weight is 422 g/mol. The first-order chi connectivity index (χ1) is 9.51. The number of anilines is 1. The van der Waals surface area contributed by atoms with Crippen LogP contribution < -0.4 is 10.1 Å². The first kappa shape index (κ1) is 15.4. The van der Waals surface area contributed by atoms with Crippen molar-refractivity contribution in [3.63, 3.8) is 0 Å². The summed E-state index contributed by atoms with van der Waals surface area (Å²) in [6, 6.07) is 10.2. The van der Waals surface area contributed by atoms with Crippen molar-refractivity contribution in [1.29, 1.82) is 0 Å². The fourth-order valence-corrected chi connectivity index (χ4v) is 2.24. The molecule has 0 aromatic heterocycles. The molecule has 2 rings (SSSR count). The maximum Gasteiger partial charge on any atom is 0.255 e. The number of carbonyl (C=O) groups is 1. The van der Waals surface area contributed by atoms with Gasteiger partial charge in [-0.2, -0.15) is 0 Å². The van der Waals surface area contributed by atoms with Crippen molar-refractivity contribution in [2.24, 2.45) is 0 Å². The lowest BCUT2D eigenvalue weighted by atomic mass is 10.2. The predicted molar refractivity (Wildman–Crippen MR) is 90.1 cm³/mol. The second kappa shape index (κ2) is 6.65. The maximum atomic E-state index is 12.2. The molecule has 1 amide bonds. The molecule has 0 bridgehead atoms. The van der Waals surface area contributed by atoms with E-state index >= 15 is 0 Å². The topological polar surface area (TPSA) is 38.3 Å². The molecule has 0 atom stereocenters. The first-order valence-corrected chi connectivity index (χ1v) is 7.44. The molecule has 0 fully saturated rings. The van der Waals surface area contributed by atoms with Crippen molar-refractivity contribution in [3.8, 4) is 5.75 Å². The summed E-state index contributed by atoms with van der Waals surface area (Å²) in [6.07, 6.45) is 0. The Hall–Kier alpha value is -0.980. The molecule has 0 heterocycles. The van der Waals surface area contributed by atoms with E-state index in [1.807, 2.05) is 0 Å². The van der Waals surface area contributed by atoms with Crippen LogP contribution in [0.1, 0.15) is 10.4 Å². The Bertz CT molecular complexity index is 662. The van der Waals surface area contributed by atoms with E-state index in [2.05, 4.69) is 27.9 Å². The van der Waals surface area contributed by atoms with E-state index in [0.29, 0.717) is 27.0 Å². The molecule has 0 spiro atoms. The number of carbonyl (C=O) groups excluding carboxylic acids is 1. The highest BCUT2D eigenvalue weighted by molar-refractivity contribution is 14.1. The van der Waals surface area contributed by atoms with Crippen molar-refractivity contribution in [1.82, 2.24) is 0 Å². The van der Waals surface area contributed by atoms with Gasteiger partial charge in [0.05, 0.1) is 22.8 Å². The number of amides is 1. The molecule has 2 aromatic carbocycles. The zero-order valence-electron chi connectivity index (χ0n) is 10.4. The van der Waals surface area contributed by atoms with Crippen molar-refractivity contribution in [2.45, 2.75) is 0 Å². The molecule has 3 nitrogen and oxygen atoms in total. The monoisotopic (exact) mass is 421 g/mol. The highest BCUT2D eigenvalue weighted by atomic mass is 127. The Balaban J connectivity index is 2.25. The van der Waals surface area contributed by atoms with Gasteiger partial charge in [-0.1, -0.05) is 23.2 Å². The van der Waals surface area contributed by atoms with Gasteiger partial charge < -0.3 is 10.1 Å². The van der Waals surface area contributed by atoms with Crippen LogP contribution in [0, 0.1) is 3.57 Å². The highest BCUT2D eigenvalue weighted by Gasteiger charge is 2.11. The number of halogens is 3. The van der Waals surface area contributed by atoms with Crippen LogP contribution in [-0.4, -0.2) is 13.0 Å². The summed E-state index contributed by atoms with van der Waals surface area (Å²) in [4.78, 5) is 12.2. The van der Waals surface area contributed by atoms with Crippen molar-refractivity contribution in [3.05, 3.63) is 55.6 Å². The van der Waals surface area contributed by atoms with Gasteiger partial charge in [0.1, 0.15) is 5.75 Å². The molecular weight excluding hydrogens is 412 g/mol. The van der Waals surface area contributed by atoms with Crippen LogP contribution in [0.25, 0.3) is 0 Å². The van der Waals surface area contributed by atoms with E-state index in [-0.39, 0.29) is 5.91 Å². The smallest absolute Gasteiger partial charge is 0.255 e. The van der Waals surface area contributed by atoms with Gasteiger partial charge in [-0.05, 0) is 52.9 Å². The lowest BCUT2D eigenvalue weighted by Gasteiger charge is -2.09. The highest BCUT2D eigenvalue weighted by Crippen LogP contribution is 2.27. The van der Waals surface area contributed by atoms with E-state index in [0.717, 1.165) is 3.57 Å². The van der Waals surface area contributed by atoms with Gasteiger partial charge >= 0.3 is 0 Å². The van der Waals surface area contributed by atoms with Crippen LogP contribution in [0.3, 0.4) is 0 Å². The third kappa shape index (κ3) is 3.56. The van der Waals surface area contributed by atoms with E-state index in [4.69, 9.17) is 27.9 Å². The summed E-state index contributed by atoms with van der Waals surface area (Å²) in [6.45, 7) is 0. The summed E-state index contributed by atoms with van der Waals surface area (Å²) < 4.78 is 5.99. The predicted octanol–water partition coefficient (Wildman–Crippen LogP) is 4.86. The molecule has 0 radical (unpaired) electrons. The Morgan fingerprint density at radius 3 is 2.55 bits per heavy atom. The SMILES string of the molecule is COc1ccc(Cl)c(NC(=O)c2ccc(I)c(Cl)c2)c1. The molecular formula is C14H10Cl2INO2. The molecule has 0 saturated heterocycles. The van der Waals surface area contributed by atoms with Gasteiger partial charge in [-0.25, -0.2) is 0 Å². The van der Waals surface area contributed by atoms with Crippen molar-refractivity contribution < 1.29 is 9.53 Å². The minimum atomic E-state index is -0.279. The minimum Gasteiger partial charge on any atom is -0.497 e. The number of hydrogen-bond donors (Lipinski definition) is 1. The van der Waals surface area contributed by atoms with Gasteiger partial charge in [-0.3, -0.25) is 4.79 Å². The van der Waals surface area contributed by atoms with E-state index in [1.54, 1.807) is 43.5 Å². The fourth-order valence-electron chi connectivity index (χ4n) is 1.56. The van der Waals surface area contributed by atoms with Crippen LogP contribution in [0.4, 0.5) is 5.69 Å². The molecule has 0 aliphatic carbocycles. The lowest BCUT2D eigenvalue weighted by Crippen LogP contribution is -2.12. The molecule has 0 aliphatic rings. The summed E-state index contributed by atoms with van der Waals surface area (Å²) in [5, 5.41) is 3.71. The quantitative estimate of drug-likeness (QED) is 0.718. The van der Waals surface area contributed by atoms with Gasteiger partial charge in [0.15, 0.2) is 0 Å².